The van der Waals surface area contributed by atoms with E-state index in [1.54, 1.807) is 0 Å². The Morgan fingerprint density at radius 3 is 1.83 bits per heavy atom. The molecule has 1 heterocycles. The third-order valence-electron chi connectivity index (χ3n) is 3.49. The van der Waals surface area contributed by atoms with E-state index in [2.05, 4.69) is 15.3 Å². The molecule has 2 aromatic carbocycles. The van der Waals surface area contributed by atoms with Crippen molar-refractivity contribution in [3.05, 3.63) is 89.7 Å². The third kappa shape index (κ3) is 3.71. The molecule has 3 aromatic rings. The lowest BCUT2D eigenvalue weighted by Gasteiger charge is -2.20. The Kier molecular flexibility index (Phi) is 4.46. The van der Waals surface area contributed by atoms with Crippen LogP contribution in [0.3, 0.4) is 0 Å². The Hall–Kier alpha value is -2.89. The van der Waals surface area contributed by atoms with Crippen molar-refractivity contribution >= 4 is 5.95 Å². The first-order valence-electron chi connectivity index (χ1n) is 7.31. The van der Waals surface area contributed by atoms with Gasteiger partial charge in [0.15, 0.2) is 0 Å². The van der Waals surface area contributed by atoms with Gasteiger partial charge in [-0.3, -0.25) is 0 Å². The van der Waals surface area contributed by atoms with Gasteiger partial charge in [0.2, 0.25) is 5.95 Å². The maximum absolute atomic E-state index is 12.8. The van der Waals surface area contributed by atoms with E-state index in [9.17, 15) is 13.2 Å². The smallest absolute Gasteiger partial charge is 0.343 e. The highest BCUT2D eigenvalue weighted by Crippen LogP contribution is 2.29. The van der Waals surface area contributed by atoms with Gasteiger partial charge in [0, 0.05) is 6.20 Å². The molecule has 3 rings (SSSR count). The molecule has 0 spiro atoms. The second-order valence-electron chi connectivity index (χ2n) is 5.16. The van der Waals surface area contributed by atoms with Gasteiger partial charge in [-0.15, -0.1) is 0 Å². The zero-order valence-electron chi connectivity index (χ0n) is 12.5. The molecule has 0 atom stereocenters. The van der Waals surface area contributed by atoms with Gasteiger partial charge in [-0.25, -0.2) is 9.97 Å². The summed E-state index contributed by atoms with van der Waals surface area (Å²) in [7, 11) is 0. The van der Waals surface area contributed by atoms with Crippen LogP contribution in [0.4, 0.5) is 19.1 Å². The fourth-order valence-electron chi connectivity index (χ4n) is 2.37. The van der Waals surface area contributed by atoms with Gasteiger partial charge in [-0.2, -0.15) is 13.2 Å². The third-order valence-corrected chi connectivity index (χ3v) is 3.49. The number of alkyl halides is 3. The summed E-state index contributed by atoms with van der Waals surface area (Å²) in [5.74, 6) is -0.0671. The van der Waals surface area contributed by atoms with Crippen molar-refractivity contribution in [2.45, 2.75) is 12.2 Å². The van der Waals surface area contributed by atoms with Crippen LogP contribution in [0.2, 0.25) is 0 Å². The average Bonchev–Trinajstić information content (AvgIpc) is 2.61. The van der Waals surface area contributed by atoms with Gasteiger partial charge in [0.25, 0.3) is 0 Å². The van der Waals surface area contributed by atoms with Crippen LogP contribution in [0.25, 0.3) is 0 Å². The quantitative estimate of drug-likeness (QED) is 0.754. The molecule has 0 unspecified atom stereocenters. The van der Waals surface area contributed by atoms with E-state index in [0.717, 1.165) is 23.4 Å². The monoisotopic (exact) mass is 329 g/mol. The number of nitrogens with one attached hydrogen (secondary N) is 1. The second-order valence-corrected chi connectivity index (χ2v) is 5.16. The fraction of sp³-hybridized carbons (Fsp3) is 0.111. The number of benzene rings is 2. The largest absolute Gasteiger partial charge is 0.433 e. The maximum atomic E-state index is 12.8. The second kappa shape index (κ2) is 6.70. The first kappa shape index (κ1) is 16.0. The van der Waals surface area contributed by atoms with E-state index in [1.807, 2.05) is 60.7 Å². The van der Waals surface area contributed by atoms with Gasteiger partial charge in [-0.05, 0) is 17.2 Å². The van der Waals surface area contributed by atoms with Gasteiger partial charge >= 0.3 is 6.18 Å². The van der Waals surface area contributed by atoms with Crippen LogP contribution in [-0.4, -0.2) is 9.97 Å². The molecular formula is C18H14F3N3. The summed E-state index contributed by atoms with van der Waals surface area (Å²) >= 11 is 0. The molecular weight excluding hydrogens is 315 g/mol. The molecule has 3 nitrogen and oxygen atoms in total. The van der Waals surface area contributed by atoms with Crippen molar-refractivity contribution in [1.29, 1.82) is 0 Å². The van der Waals surface area contributed by atoms with Crippen molar-refractivity contribution in [3.8, 4) is 0 Å². The van der Waals surface area contributed by atoms with Crippen molar-refractivity contribution in [2.24, 2.45) is 0 Å². The summed E-state index contributed by atoms with van der Waals surface area (Å²) in [5, 5.41) is 3.00. The molecule has 0 saturated carbocycles. The van der Waals surface area contributed by atoms with Crippen LogP contribution in [-0.2, 0) is 6.18 Å². The molecule has 122 valence electrons. The van der Waals surface area contributed by atoms with Crippen molar-refractivity contribution < 1.29 is 13.2 Å². The predicted octanol–water partition coefficient (Wildman–Crippen LogP) is 4.70. The number of rotatable bonds is 4. The standard InChI is InChI=1S/C18H14F3N3/c19-18(20,21)15-11-12-22-17(23-15)24-16(13-7-3-1-4-8-13)14-9-5-2-6-10-14/h1-12,16H,(H,22,23,24). The summed E-state index contributed by atoms with van der Waals surface area (Å²) in [4.78, 5) is 7.51. The van der Waals surface area contributed by atoms with Gasteiger partial charge in [0.05, 0.1) is 6.04 Å². The molecule has 1 N–H and O–H groups in total. The zero-order chi connectivity index (χ0) is 17.0. The number of hydrogen-bond donors (Lipinski definition) is 1. The van der Waals surface area contributed by atoms with Crippen molar-refractivity contribution in [1.82, 2.24) is 9.97 Å². The zero-order valence-corrected chi connectivity index (χ0v) is 12.5. The van der Waals surface area contributed by atoms with Gasteiger partial charge < -0.3 is 5.32 Å². The number of anilines is 1. The van der Waals surface area contributed by atoms with Crippen LogP contribution in [0.1, 0.15) is 22.9 Å². The Morgan fingerprint density at radius 1 is 0.792 bits per heavy atom. The van der Waals surface area contributed by atoms with Crippen molar-refractivity contribution in [3.63, 3.8) is 0 Å². The fourth-order valence-corrected chi connectivity index (χ4v) is 2.37. The molecule has 0 aliphatic rings. The molecule has 24 heavy (non-hydrogen) atoms. The average molecular weight is 329 g/mol. The number of nitrogens with zero attached hydrogens (tertiary/aromatic N) is 2. The van der Waals surface area contributed by atoms with Gasteiger partial charge in [-0.1, -0.05) is 60.7 Å². The first-order valence-corrected chi connectivity index (χ1v) is 7.31. The molecule has 6 heteroatoms. The predicted molar refractivity (Wildman–Crippen MR) is 85.4 cm³/mol. The minimum absolute atomic E-state index is 0.0671. The molecule has 0 saturated heterocycles. The highest BCUT2D eigenvalue weighted by Gasteiger charge is 2.33. The molecule has 0 fully saturated rings. The lowest BCUT2D eigenvalue weighted by Crippen LogP contribution is -2.16. The topological polar surface area (TPSA) is 37.8 Å². The summed E-state index contributed by atoms with van der Waals surface area (Å²) in [5.41, 5.74) is 0.842. The SMILES string of the molecule is FC(F)(F)c1ccnc(NC(c2ccccc2)c2ccccc2)n1. The summed E-state index contributed by atoms with van der Waals surface area (Å²) in [6.07, 6.45) is -3.40. The highest BCUT2D eigenvalue weighted by atomic mass is 19.4. The highest BCUT2D eigenvalue weighted by molar-refractivity contribution is 5.41. The van der Waals surface area contributed by atoms with E-state index in [-0.39, 0.29) is 12.0 Å². The Balaban J connectivity index is 1.96. The number of aromatic nitrogens is 2. The van der Waals surface area contributed by atoms with Gasteiger partial charge in [0.1, 0.15) is 5.69 Å². The van der Waals surface area contributed by atoms with Crippen LogP contribution in [0, 0.1) is 0 Å². The summed E-state index contributed by atoms with van der Waals surface area (Å²) in [6.45, 7) is 0. The number of halogens is 3. The Bertz CT molecular complexity index is 750. The van der Waals surface area contributed by atoms with E-state index < -0.39 is 11.9 Å². The first-order chi connectivity index (χ1) is 11.5. The number of hydrogen-bond acceptors (Lipinski definition) is 3. The Labute approximate surface area is 137 Å². The Morgan fingerprint density at radius 2 is 1.33 bits per heavy atom. The van der Waals surface area contributed by atoms with Crippen molar-refractivity contribution in [2.75, 3.05) is 5.32 Å². The van der Waals surface area contributed by atoms with Crippen LogP contribution in [0.15, 0.2) is 72.9 Å². The summed E-state index contributed by atoms with van der Waals surface area (Å²) < 4.78 is 38.5. The minimum Gasteiger partial charge on any atom is -0.343 e. The molecule has 0 amide bonds. The maximum Gasteiger partial charge on any atom is 0.433 e. The van der Waals surface area contributed by atoms with E-state index in [1.165, 1.54) is 0 Å². The van der Waals surface area contributed by atoms with E-state index >= 15 is 0 Å². The van der Waals surface area contributed by atoms with E-state index in [0.29, 0.717) is 0 Å². The normalized spacial score (nSPS) is 11.5. The molecule has 1 aromatic heterocycles. The van der Waals surface area contributed by atoms with Crippen LogP contribution in [0.5, 0.6) is 0 Å². The molecule has 0 aliphatic carbocycles. The van der Waals surface area contributed by atoms with Crippen LogP contribution < -0.4 is 5.32 Å². The molecule has 0 bridgehead atoms. The molecule has 0 aliphatic heterocycles. The minimum atomic E-state index is -4.51. The summed E-state index contributed by atoms with van der Waals surface area (Å²) in [6, 6.07) is 19.4. The van der Waals surface area contributed by atoms with E-state index in [4.69, 9.17) is 0 Å². The lowest BCUT2D eigenvalue weighted by molar-refractivity contribution is -0.141. The lowest BCUT2D eigenvalue weighted by atomic mass is 9.99. The molecule has 0 radical (unpaired) electrons. The van der Waals surface area contributed by atoms with Crippen LogP contribution >= 0.6 is 0 Å².